The maximum atomic E-state index is 5.77. The third-order valence-electron chi connectivity index (χ3n) is 1.58. The van der Waals surface area contributed by atoms with Crippen molar-refractivity contribution in [1.82, 2.24) is 9.78 Å². The first-order valence-electron chi connectivity index (χ1n) is 4.08. The SMILES string of the molecule is CCn1nccc1/C=C/C(C)Cl. The number of aryl methyl sites for hydroxylation is 1. The molecule has 0 radical (unpaired) electrons. The molecule has 0 saturated carbocycles. The molecule has 0 fully saturated rings. The Morgan fingerprint density at radius 2 is 2.50 bits per heavy atom. The second-order valence-corrected chi connectivity index (χ2v) is 3.30. The molecule has 0 spiro atoms. The van der Waals surface area contributed by atoms with Gasteiger partial charge in [-0.05, 0) is 26.0 Å². The molecule has 2 nitrogen and oxygen atoms in total. The van der Waals surface area contributed by atoms with E-state index >= 15 is 0 Å². The molecular weight excluding hydrogens is 172 g/mol. The Labute approximate surface area is 77.8 Å². The monoisotopic (exact) mass is 184 g/mol. The smallest absolute Gasteiger partial charge is 0.0607 e. The van der Waals surface area contributed by atoms with Crippen LogP contribution in [0.25, 0.3) is 6.08 Å². The zero-order valence-electron chi connectivity index (χ0n) is 7.37. The summed E-state index contributed by atoms with van der Waals surface area (Å²) in [6.45, 7) is 4.89. The van der Waals surface area contributed by atoms with Crippen LogP contribution in [0.1, 0.15) is 19.5 Å². The highest BCUT2D eigenvalue weighted by molar-refractivity contribution is 6.21. The molecule has 0 aromatic carbocycles. The molecule has 1 rings (SSSR count). The van der Waals surface area contributed by atoms with Crippen LogP contribution in [0.2, 0.25) is 0 Å². The van der Waals surface area contributed by atoms with E-state index in [1.54, 1.807) is 6.20 Å². The van der Waals surface area contributed by atoms with Crippen LogP contribution in [-0.4, -0.2) is 15.2 Å². The lowest BCUT2D eigenvalue weighted by atomic mass is 10.3. The largest absolute Gasteiger partial charge is 0.266 e. The molecule has 3 heteroatoms. The number of aromatic nitrogens is 2. The van der Waals surface area contributed by atoms with Gasteiger partial charge < -0.3 is 0 Å². The van der Waals surface area contributed by atoms with Gasteiger partial charge >= 0.3 is 0 Å². The van der Waals surface area contributed by atoms with Crippen molar-refractivity contribution in [3.63, 3.8) is 0 Å². The Morgan fingerprint density at radius 3 is 3.08 bits per heavy atom. The van der Waals surface area contributed by atoms with Gasteiger partial charge in [0.1, 0.15) is 0 Å². The summed E-state index contributed by atoms with van der Waals surface area (Å²) < 4.78 is 1.93. The third kappa shape index (κ3) is 2.38. The minimum atomic E-state index is 0.0743. The van der Waals surface area contributed by atoms with Gasteiger partial charge in [-0.15, -0.1) is 11.6 Å². The van der Waals surface area contributed by atoms with E-state index in [-0.39, 0.29) is 5.38 Å². The van der Waals surface area contributed by atoms with E-state index in [1.807, 2.05) is 29.8 Å². The van der Waals surface area contributed by atoms with E-state index in [9.17, 15) is 0 Å². The first-order chi connectivity index (χ1) is 5.74. The predicted molar refractivity (Wildman–Crippen MR) is 52.3 cm³/mol. The molecule has 1 atom stereocenters. The summed E-state index contributed by atoms with van der Waals surface area (Å²) in [4.78, 5) is 0. The zero-order valence-corrected chi connectivity index (χ0v) is 8.12. The molecule has 0 amide bonds. The van der Waals surface area contributed by atoms with Crippen LogP contribution in [0.4, 0.5) is 0 Å². The van der Waals surface area contributed by atoms with E-state index in [1.165, 1.54) is 0 Å². The van der Waals surface area contributed by atoms with Crippen molar-refractivity contribution in [2.45, 2.75) is 25.8 Å². The number of hydrogen-bond acceptors (Lipinski definition) is 1. The summed E-state index contributed by atoms with van der Waals surface area (Å²) >= 11 is 5.77. The maximum Gasteiger partial charge on any atom is 0.0607 e. The highest BCUT2D eigenvalue weighted by Crippen LogP contribution is 2.04. The Morgan fingerprint density at radius 1 is 1.75 bits per heavy atom. The van der Waals surface area contributed by atoms with Gasteiger partial charge in [-0.3, -0.25) is 4.68 Å². The third-order valence-corrected chi connectivity index (χ3v) is 1.73. The molecule has 0 aliphatic carbocycles. The van der Waals surface area contributed by atoms with Crippen LogP contribution >= 0.6 is 11.6 Å². The molecule has 1 aromatic heterocycles. The summed E-state index contributed by atoms with van der Waals surface area (Å²) in [6, 6.07) is 1.97. The highest BCUT2D eigenvalue weighted by atomic mass is 35.5. The van der Waals surface area contributed by atoms with Gasteiger partial charge in [0.05, 0.1) is 5.69 Å². The minimum Gasteiger partial charge on any atom is -0.266 e. The molecule has 0 saturated heterocycles. The fourth-order valence-electron chi connectivity index (χ4n) is 0.980. The standard InChI is InChI=1S/C9H13ClN2/c1-3-12-9(6-7-11-12)5-4-8(2)10/h4-8H,3H2,1-2H3/b5-4+. The molecule has 0 bridgehead atoms. The lowest BCUT2D eigenvalue weighted by molar-refractivity contribution is 0.654. The first kappa shape index (κ1) is 9.33. The summed E-state index contributed by atoms with van der Waals surface area (Å²) in [6.07, 6.45) is 5.74. The number of allylic oxidation sites excluding steroid dienone is 1. The fourth-order valence-corrected chi connectivity index (χ4v) is 1.05. The van der Waals surface area contributed by atoms with Gasteiger partial charge in [-0.2, -0.15) is 5.10 Å². The molecule has 1 aromatic rings. The normalized spacial score (nSPS) is 13.9. The molecule has 1 unspecified atom stereocenters. The van der Waals surface area contributed by atoms with E-state index in [2.05, 4.69) is 12.0 Å². The second kappa shape index (κ2) is 4.31. The molecule has 12 heavy (non-hydrogen) atoms. The van der Waals surface area contributed by atoms with Gasteiger partial charge in [-0.25, -0.2) is 0 Å². The molecule has 1 heterocycles. The van der Waals surface area contributed by atoms with Gasteiger partial charge in [0.2, 0.25) is 0 Å². The van der Waals surface area contributed by atoms with Crippen molar-refractivity contribution in [2.75, 3.05) is 0 Å². The molecule has 0 aliphatic heterocycles. The van der Waals surface area contributed by atoms with Crippen molar-refractivity contribution < 1.29 is 0 Å². The lowest BCUT2D eigenvalue weighted by Crippen LogP contribution is -1.98. The van der Waals surface area contributed by atoms with Crippen molar-refractivity contribution in [2.24, 2.45) is 0 Å². The van der Waals surface area contributed by atoms with Crippen molar-refractivity contribution in [3.05, 3.63) is 24.0 Å². The van der Waals surface area contributed by atoms with E-state index < -0.39 is 0 Å². The number of hydrogen-bond donors (Lipinski definition) is 0. The van der Waals surface area contributed by atoms with E-state index in [4.69, 9.17) is 11.6 Å². The van der Waals surface area contributed by atoms with Crippen LogP contribution in [0.15, 0.2) is 18.3 Å². The van der Waals surface area contributed by atoms with Crippen LogP contribution < -0.4 is 0 Å². The lowest BCUT2D eigenvalue weighted by Gasteiger charge is -1.98. The fraction of sp³-hybridized carbons (Fsp3) is 0.444. The number of halogens is 1. The van der Waals surface area contributed by atoms with Gasteiger partial charge in [-0.1, -0.05) is 6.08 Å². The van der Waals surface area contributed by atoms with Crippen molar-refractivity contribution in [3.8, 4) is 0 Å². The van der Waals surface area contributed by atoms with Crippen LogP contribution in [0.3, 0.4) is 0 Å². The molecule has 0 aliphatic rings. The van der Waals surface area contributed by atoms with Gasteiger partial charge in [0.25, 0.3) is 0 Å². The Hall–Kier alpha value is -0.760. The topological polar surface area (TPSA) is 17.8 Å². The molecular formula is C9H13ClN2. The summed E-state index contributed by atoms with van der Waals surface area (Å²) in [7, 11) is 0. The predicted octanol–water partition coefficient (Wildman–Crippen LogP) is 2.54. The number of alkyl halides is 1. The average Bonchev–Trinajstić information content (AvgIpc) is 2.47. The average molecular weight is 185 g/mol. The number of nitrogens with zero attached hydrogens (tertiary/aromatic N) is 2. The first-order valence-corrected chi connectivity index (χ1v) is 4.51. The number of rotatable bonds is 3. The summed E-state index contributed by atoms with van der Waals surface area (Å²) in [5, 5.41) is 4.21. The summed E-state index contributed by atoms with van der Waals surface area (Å²) in [5.41, 5.74) is 1.10. The van der Waals surface area contributed by atoms with Crippen molar-refractivity contribution >= 4 is 17.7 Å². The summed E-state index contributed by atoms with van der Waals surface area (Å²) in [5.74, 6) is 0. The van der Waals surface area contributed by atoms with E-state index in [0.717, 1.165) is 12.2 Å². The Balaban J connectivity index is 2.74. The zero-order chi connectivity index (χ0) is 8.97. The van der Waals surface area contributed by atoms with Crippen LogP contribution in [0.5, 0.6) is 0 Å². The van der Waals surface area contributed by atoms with Crippen LogP contribution in [0, 0.1) is 0 Å². The maximum absolute atomic E-state index is 5.77. The Bertz CT molecular complexity index is 263. The minimum absolute atomic E-state index is 0.0743. The van der Waals surface area contributed by atoms with Crippen LogP contribution in [-0.2, 0) is 6.54 Å². The Kier molecular flexibility index (Phi) is 3.35. The van der Waals surface area contributed by atoms with Gasteiger partial charge in [0.15, 0.2) is 0 Å². The van der Waals surface area contributed by atoms with Gasteiger partial charge in [0, 0.05) is 18.1 Å². The second-order valence-electron chi connectivity index (χ2n) is 2.61. The quantitative estimate of drug-likeness (QED) is 0.661. The highest BCUT2D eigenvalue weighted by Gasteiger charge is 1.95. The van der Waals surface area contributed by atoms with Crippen molar-refractivity contribution in [1.29, 1.82) is 0 Å². The molecule has 0 N–H and O–H groups in total. The van der Waals surface area contributed by atoms with E-state index in [0.29, 0.717) is 0 Å². The molecule has 66 valence electrons.